The van der Waals surface area contributed by atoms with Crippen LogP contribution in [0.3, 0.4) is 0 Å². The Morgan fingerprint density at radius 3 is 2.37 bits per heavy atom. The molecule has 0 spiro atoms. The van der Waals surface area contributed by atoms with E-state index in [0.29, 0.717) is 22.7 Å². The van der Waals surface area contributed by atoms with E-state index in [9.17, 15) is 14.4 Å². The molecular weight excluding hydrogens is 368 g/mol. The molecule has 2 aromatic rings. The normalized spacial score (nSPS) is 10.5. The molecule has 0 heterocycles. The molecule has 0 aliphatic carbocycles. The molecule has 27 heavy (non-hydrogen) atoms. The van der Waals surface area contributed by atoms with E-state index in [2.05, 4.69) is 5.32 Å². The molecule has 0 aliphatic heterocycles. The summed E-state index contributed by atoms with van der Waals surface area (Å²) >= 11 is 5.84. The topological polar surface area (TPSA) is 98.5 Å². The van der Waals surface area contributed by atoms with Crippen LogP contribution in [-0.4, -0.2) is 24.2 Å². The number of hydrogen-bond acceptors (Lipinski definition) is 4. The van der Waals surface area contributed by atoms with Gasteiger partial charge in [0.1, 0.15) is 5.75 Å². The third-order valence-electron chi connectivity index (χ3n) is 3.65. The Bertz CT molecular complexity index is 848. The molecule has 0 aromatic heterocycles. The molecule has 0 fully saturated rings. The van der Waals surface area contributed by atoms with Crippen molar-refractivity contribution in [2.75, 3.05) is 11.9 Å². The molecule has 2 amide bonds. The van der Waals surface area contributed by atoms with E-state index in [1.807, 2.05) is 13.8 Å². The third-order valence-corrected chi connectivity index (χ3v) is 3.89. The number of nitrogens with two attached hydrogens (primary N) is 1. The molecule has 0 saturated carbocycles. The van der Waals surface area contributed by atoms with Gasteiger partial charge >= 0.3 is 0 Å². The lowest BCUT2D eigenvalue weighted by Gasteiger charge is -2.10. The molecule has 0 atom stereocenters. The van der Waals surface area contributed by atoms with Gasteiger partial charge in [-0.25, -0.2) is 0 Å². The lowest BCUT2D eigenvalue weighted by atomic mass is 10.1. The van der Waals surface area contributed by atoms with Crippen LogP contribution in [0.4, 0.5) is 5.69 Å². The Labute approximate surface area is 162 Å². The van der Waals surface area contributed by atoms with E-state index in [4.69, 9.17) is 22.1 Å². The summed E-state index contributed by atoms with van der Waals surface area (Å²) in [6.45, 7) is 3.67. The van der Waals surface area contributed by atoms with Gasteiger partial charge in [0.25, 0.3) is 5.91 Å². The Morgan fingerprint density at radius 1 is 1.11 bits per heavy atom. The summed E-state index contributed by atoms with van der Waals surface area (Å²) in [7, 11) is 0. The van der Waals surface area contributed by atoms with Crippen molar-refractivity contribution in [1.82, 2.24) is 0 Å². The number of amides is 2. The highest BCUT2D eigenvalue weighted by molar-refractivity contribution is 6.31. The zero-order valence-electron chi connectivity index (χ0n) is 15.1. The van der Waals surface area contributed by atoms with Crippen molar-refractivity contribution in [3.63, 3.8) is 0 Å². The molecule has 2 aromatic carbocycles. The van der Waals surface area contributed by atoms with Crippen molar-refractivity contribution < 1.29 is 19.1 Å². The number of carbonyl (C=O) groups is 3. The largest absolute Gasteiger partial charge is 0.485 e. The first-order valence-electron chi connectivity index (χ1n) is 8.41. The first-order chi connectivity index (χ1) is 12.8. The molecule has 0 bridgehead atoms. The van der Waals surface area contributed by atoms with Crippen LogP contribution in [0.5, 0.6) is 5.75 Å². The summed E-state index contributed by atoms with van der Waals surface area (Å²) in [6, 6.07) is 10.9. The van der Waals surface area contributed by atoms with Crippen LogP contribution in [0.15, 0.2) is 42.5 Å². The fourth-order valence-electron chi connectivity index (χ4n) is 2.37. The summed E-state index contributed by atoms with van der Waals surface area (Å²) < 4.78 is 5.43. The third kappa shape index (κ3) is 6.11. The van der Waals surface area contributed by atoms with Gasteiger partial charge < -0.3 is 15.8 Å². The van der Waals surface area contributed by atoms with Gasteiger partial charge in [0, 0.05) is 22.7 Å². The Kier molecular flexibility index (Phi) is 6.96. The first kappa shape index (κ1) is 20.5. The van der Waals surface area contributed by atoms with Gasteiger partial charge in [0.15, 0.2) is 12.4 Å². The van der Waals surface area contributed by atoms with Gasteiger partial charge in [-0.15, -0.1) is 0 Å². The molecule has 0 radical (unpaired) electrons. The second-order valence-electron chi connectivity index (χ2n) is 6.44. The number of Topliss-reactive ketones (excluding diaryl/α,β-unsaturated/α-hetero) is 1. The van der Waals surface area contributed by atoms with E-state index in [-0.39, 0.29) is 35.5 Å². The fraction of sp³-hybridized carbons (Fsp3) is 0.250. The van der Waals surface area contributed by atoms with Gasteiger partial charge in [-0.05, 0) is 48.4 Å². The maximum atomic E-state index is 12.3. The minimum atomic E-state index is -0.693. The molecule has 142 valence electrons. The average molecular weight is 389 g/mol. The molecule has 3 N–H and O–H groups in total. The number of ketones is 1. The number of rotatable bonds is 8. The predicted molar refractivity (Wildman–Crippen MR) is 104 cm³/mol. The van der Waals surface area contributed by atoms with Crippen LogP contribution in [-0.2, 0) is 4.79 Å². The van der Waals surface area contributed by atoms with E-state index in [1.54, 1.807) is 30.3 Å². The zero-order chi connectivity index (χ0) is 20.0. The number of ether oxygens (including phenoxy) is 1. The number of benzene rings is 2. The Hall–Kier alpha value is -2.86. The summed E-state index contributed by atoms with van der Waals surface area (Å²) in [5.41, 5.74) is 6.44. The summed E-state index contributed by atoms with van der Waals surface area (Å²) in [5.74, 6) is -0.588. The number of primary amides is 1. The van der Waals surface area contributed by atoms with E-state index in [1.165, 1.54) is 12.1 Å². The highest BCUT2D eigenvalue weighted by atomic mass is 35.5. The highest BCUT2D eigenvalue weighted by Crippen LogP contribution is 2.23. The molecular formula is C20H21ClN2O4. The fourth-order valence-corrected chi connectivity index (χ4v) is 2.54. The standard InChI is InChI=1S/C20H21ClN2O4/c1-12(2)9-19(25)23-15-6-3-13(4-7-15)17(24)11-27-18-8-5-14(21)10-16(18)20(22)26/h3-8,10,12H,9,11H2,1-2H3,(H2,22,26)(H,23,25). The SMILES string of the molecule is CC(C)CC(=O)Nc1ccc(C(=O)COc2ccc(Cl)cc2C(N)=O)cc1. The van der Waals surface area contributed by atoms with Crippen LogP contribution >= 0.6 is 11.6 Å². The van der Waals surface area contributed by atoms with Crippen molar-refractivity contribution in [3.8, 4) is 5.75 Å². The van der Waals surface area contributed by atoms with Gasteiger partial charge in [-0.3, -0.25) is 14.4 Å². The van der Waals surface area contributed by atoms with E-state index < -0.39 is 5.91 Å². The van der Waals surface area contributed by atoms with Crippen molar-refractivity contribution in [1.29, 1.82) is 0 Å². The average Bonchev–Trinajstić information content (AvgIpc) is 2.60. The number of halogens is 1. The Morgan fingerprint density at radius 2 is 1.78 bits per heavy atom. The number of nitrogens with one attached hydrogen (secondary N) is 1. The highest BCUT2D eigenvalue weighted by Gasteiger charge is 2.13. The van der Waals surface area contributed by atoms with Crippen LogP contribution in [0.2, 0.25) is 5.02 Å². The Balaban J connectivity index is 1.99. The van der Waals surface area contributed by atoms with Crippen molar-refractivity contribution >= 4 is 34.9 Å². The second kappa shape index (κ2) is 9.19. The molecule has 6 nitrogen and oxygen atoms in total. The lowest BCUT2D eigenvalue weighted by Crippen LogP contribution is -2.17. The monoisotopic (exact) mass is 388 g/mol. The quantitative estimate of drug-likeness (QED) is 0.674. The minimum absolute atomic E-state index is 0.0749. The number of hydrogen-bond donors (Lipinski definition) is 2. The van der Waals surface area contributed by atoms with E-state index in [0.717, 1.165) is 0 Å². The van der Waals surface area contributed by atoms with E-state index >= 15 is 0 Å². The second-order valence-corrected chi connectivity index (χ2v) is 6.88. The van der Waals surface area contributed by atoms with Crippen molar-refractivity contribution in [3.05, 3.63) is 58.6 Å². The maximum Gasteiger partial charge on any atom is 0.252 e. The molecule has 0 aliphatic rings. The van der Waals surface area contributed by atoms with Crippen LogP contribution < -0.4 is 15.8 Å². The maximum absolute atomic E-state index is 12.3. The minimum Gasteiger partial charge on any atom is -0.485 e. The zero-order valence-corrected chi connectivity index (χ0v) is 15.9. The van der Waals surface area contributed by atoms with Crippen molar-refractivity contribution in [2.45, 2.75) is 20.3 Å². The number of carbonyl (C=O) groups excluding carboxylic acids is 3. The van der Waals surface area contributed by atoms with Crippen LogP contribution in [0, 0.1) is 5.92 Å². The molecule has 0 saturated heterocycles. The summed E-state index contributed by atoms with van der Waals surface area (Å²) in [5, 5.41) is 3.12. The van der Waals surface area contributed by atoms with Crippen LogP contribution in [0.25, 0.3) is 0 Å². The van der Waals surface area contributed by atoms with Crippen LogP contribution in [0.1, 0.15) is 41.0 Å². The predicted octanol–water partition coefficient (Wildman–Crippen LogP) is 3.69. The van der Waals surface area contributed by atoms with Gasteiger partial charge in [0.05, 0.1) is 5.56 Å². The first-order valence-corrected chi connectivity index (χ1v) is 8.79. The van der Waals surface area contributed by atoms with Gasteiger partial charge in [-0.2, -0.15) is 0 Å². The molecule has 0 unspecified atom stereocenters. The summed E-state index contributed by atoms with van der Waals surface area (Å²) in [4.78, 5) is 35.5. The number of anilines is 1. The lowest BCUT2D eigenvalue weighted by molar-refractivity contribution is -0.116. The van der Waals surface area contributed by atoms with Gasteiger partial charge in [-0.1, -0.05) is 25.4 Å². The summed E-state index contributed by atoms with van der Waals surface area (Å²) in [6.07, 6.45) is 0.428. The molecule has 7 heteroatoms. The smallest absolute Gasteiger partial charge is 0.252 e. The molecule has 2 rings (SSSR count). The van der Waals surface area contributed by atoms with Crippen molar-refractivity contribution in [2.24, 2.45) is 11.7 Å². The van der Waals surface area contributed by atoms with Gasteiger partial charge in [0.2, 0.25) is 5.91 Å².